The Kier molecular flexibility index (Phi) is 3.37. The topological polar surface area (TPSA) is 70.7 Å². The highest BCUT2D eigenvalue weighted by Crippen LogP contribution is 2.29. The molecular weight excluding hydrogens is 232 g/mol. The van der Waals surface area contributed by atoms with Gasteiger partial charge in [-0.15, -0.1) is 0 Å². The predicted octanol–water partition coefficient (Wildman–Crippen LogP) is 3.02. The monoisotopic (exact) mass is 246 g/mol. The maximum absolute atomic E-state index is 11.7. The number of fused-ring (bicyclic) bond motifs is 1. The van der Waals surface area contributed by atoms with Crippen LogP contribution in [-0.2, 0) is 0 Å². The Bertz CT molecular complexity index is 653. The number of phenols is 2. The highest BCUT2D eigenvalue weighted by molar-refractivity contribution is 5.92. The van der Waals surface area contributed by atoms with Crippen LogP contribution in [0.25, 0.3) is 16.8 Å². The zero-order valence-corrected chi connectivity index (χ0v) is 10.0. The summed E-state index contributed by atoms with van der Waals surface area (Å²) >= 11 is 0. The highest BCUT2D eigenvalue weighted by Gasteiger charge is 2.11. The van der Waals surface area contributed by atoms with Gasteiger partial charge < -0.3 is 14.6 Å². The molecule has 4 nitrogen and oxygen atoms in total. The molecule has 0 aliphatic rings. The number of phenolic OH excluding ortho intramolecular Hbond substituents is 2. The van der Waals surface area contributed by atoms with Gasteiger partial charge in [0.15, 0.2) is 0 Å². The Labute approximate surface area is 104 Å². The standard InChI is InChI=1S/C14H14O4/c1-2-3-4-5-9-8-10-11(15)6-7-12(16)13(10)14(17)18-9/h4-8,15-16H,2-3H2,1H3/b5-4+. The van der Waals surface area contributed by atoms with Crippen molar-refractivity contribution in [3.05, 3.63) is 40.5 Å². The van der Waals surface area contributed by atoms with E-state index >= 15 is 0 Å². The van der Waals surface area contributed by atoms with Crippen molar-refractivity contribution in [2.45, 2.75) is 19.8 Å². The van der Waals surface area contributed by atoms with Gasteiger partial charge in [0.2, 0.25) is 0 Å². The second kappa shape index (κ2) is 4.96. The molecule has 18 heavy (non-hydrogen) atoms. The molecule has 0 saturated heterocycles. The van der Waals surface area contributed by atoms with E-state index in [4.69, 9.17) is 4.42 Å². The summed E-state index contributed by atoms with van der Waals surface area (Å²) in [6, 6.07) is 4.15. The third-order valence-electron chi connectivity index (χ3n) is 2.64. The Hall–Kier alpha value is -2.23. The van der Waals surface area contributed by atoms with Gasteiger partial charge in [0, 0.05) is 5.39 Å². The van der Waals surface area contributed by atoms with Gasteiger partial charge in [-0.1, -0.05) is 19.4 Å². The third kappa shape index (κ3) is 2.22. The molecule has 1 aromatic heterocycles. The van der Waals surface area contributed by atoms with Gasteiger partial charge in [-0.05, 0) is 30.7 Å². The molecule has 1 heterocycles. The minimum Gasteiger partial charge on any atom is -0.507 e. The summed E-state index contributed by atoms with van der Waals surface area (Å²) in [6.07, 6.45) is 5.46. The smallest absolute Gasteiger partial charge is 0.348 e. The van der Waals surface area contributed by atoms with Crippen LogP contribution in [0.2, 0.25) is 0 Å². The molecule has 0 unspecified atom stereocenters. The number of benzene rings is 1. The van der Waals surface area contributed by atoms with Crippen molar-refractivity contribution < 1.29 is 14.6 Å². The molecule has 0 aliphatic heterocycles. The zero-order chi connectivity index (χ0) is 13.1. The van der Waals surface area contributed by atoms with Crippen molar-refractivity contribution >= 4 is 16.8 Å². The van der Waals surface area contributed by atoms with Crippen molar-refractivity contribution in [1.29, 1.82) is 0 Å². The molecule has 0 radical (unpaired) electrons. The number of aromatic hydroxyl groups is 2. The summed E-state index contributed by atoms with van der Waals surface area (Å²) in [5.41, 5.74) is -0.656. The minimum absolute atomic E-state index is 0.00245. The molecule has 0 atom stereocenters. The van der Waals surface area contributed by atoms with Crippen LogP contribution in [0, 0.1) is 0 Å². The van der Waals surface area contributed by atoms with E-state index in [0.29, 0.717) is 11.1 Å². The minimum atomic E-state index is -0.656. The van der Waals surface area contributed by atoms with Gasteiger partial charge in [-0.2, -0.15) is 0 Å². The van der Waals surface area contributed by atoms with Crippen LogP contribution in [0.4, 0.5) is 0 Å². The first-order valence-corrected chi connectivity index (χ1v) is 5.78. The van der Waals surface area contributed by atoms with E-state index in [1.807, 2.05) is 13.0 Å². The van der Waals surface area contributed by atoms with Gasteiger partial charge in [-0.3, -0.25) is 0 Å². The van der Waals surface area contributed by atoms with Crippen molar-refractivity contribution in [1.82, 2.24) is 0 Å². The summed E-state index contributed by atoms with van der Waals surface area (Å²) in [5.74, 6) is 0.114. The number of allylic oxidation sites excluding steroid dienone is 1. The van der Waals surface area contributed by atoms with Gasteiger partial charge >= 0.3 is 5.63 Å². The molecule has 2 rings (SSSR count). The van der Waals surface area contributed by atoms with Gasteiger partial charge in [0.25, 0.3) is 0 Å². The van der Waals surface area contributed by atoms with Crippen LogP contribution in [0.15, 0.2) is 33.5 Å². The zero-order valence-electron chi connectivity index (χ0n) is 10.0. The number of rotatable bonds is 3. The lowest BCUT2D eigenvalue weighted by molar-refractivity contribution is 0.461. The van der Waals surface area contributed by atoms with Crippen molar-refractivity contribution in [2.75, 3.05) is 0 Å². The average Bonchev–Trinajstić information content (AvgIpc) is 2.34. The first-order chi connectivity index (χ1) is 8.63. The largest absolute Gasteiger partial charge is 0.507 e. The van der Waals surface area contributed by atoms with E-state index < -0.39 is 5.63 Å². The first kappa shape index (κ1) is 12.2. The predicted molar refractivity (Wildman–Crippen MR) is 69.8 cm³/mol. The van der Waals surface area contributed by atoms with Crippen LogP contribution in [0.1, 0.15) is 25.5 Å². The molecule has 2 aromatic rings. The Morgan fingerprint density at radius 1 is 1.28 bits per heavy atom. The molecule has 0 spiro atoms. The van der Waals surface area contributed by atoms with Crippen molar-refractivity contribution in [2.24, 2.45) is 0 Å². The Morgan fingerprint density at radius 2 is 2.00 bits per heavy atom. The summed E-state index contributed by atoms with van der Waals surface area (Å²) in [5, 5.41) is 19.6. The summed E-state index contributed by atoms with van der Waals surface area (Å²) in [6.45, 7) is 2.05. The van der Waals surface area contributed by atoms with E-state index in [1.54, 1.807) is 6.08 Å². The van der Waals surface area contributed by atoms with Gasteiger partial charge in [0.05, 0.1) is 0 Å². The molecule has 94 valence electrons. The fraction of sp³-hybridized carbons (Fsp3) is 0.214. The van der Waals surface area contributed by atoms with Crippen LogP contribution in [0.5, 0.6) is 11.5 Å². The normalized spacial score (nSPS) is 11.4. The van der Waals surface area contributed by atoms with E-state index in [2.05, 4.69) is 0 Å². The summed E-state index contributed by atoms with van der Waals surface area (Å²) < 4.78 is 5.06. The third-order valence-corrected chi connectivity index (χ3v) is 2.64. The van der Waals surface area contributed by atoms with E-state index in [-0.39, 0.29) is 16.9 Å². The van der Waals surface area contributed by atoms with Gasteiger partial charge in [-0.25, -0.2) is 4.79 Å². The lowest BCUT2D eigenvalue weighted by atomic mass is 10.1. The molecule has 2 N–H and O–H groups in total. The van der Waals surface area contributed by atoms with Crippen molar-refractivity contribution in [3.8, 4) is 11.5 Å². The second-order valence-corrected chi connectivity index (χ2v) is 4.02. The first-order valence-electron chi connectivity index (χ1n) is 5.78. The summed E-state index contributed by atoms with van der Waals surface area (Å²) in [7, 11) is 0. The second-order valence-electron chi connectivity index (χ2n) is 4.02. The molecule has 0 fully saturated rings. The SMILES string of the molecule is CCC/C=C/c1cc2c(O)ccc(O)c2c(=O)o1. The fourth-order valence-electron chi connectivity index (χ4n) is 1.74. The van der Waals surface area contributed by atoms with Gasteiger partial charge in [0.1, 0.15) is 22.6 Å². The summed E-state index contributed by atoms with van der Waals surface area (Å²) in [4.78, 5) is 11.7. The Balaban J connectivity index is 2.62. The molecular formula is C14H14O4. The maximum Gasteiger partial charge on any atom is 0.348 e. The number of unbranched alkanes of at least 4 members (excludes halogenated alkanes) is 1. The van der Waals surface area contributed by atoms with Crippen LogP contribution in [-0.4, -0.2) is 10.2 Å². The maximum atomic E-state index is 11.7. The average molecular weight is 246 g/mol. The van der Waals surface area contributed by atoms with E-state index in [0.717, 1.165) is 12.8 Å². The van der Waals surface area contributed by atoms with Crippen LogP contribution < -0.4 is 5.63 Å². The Morgan fingerprint density at radius 3 is 2.72 bits per heavy atom. The molecule has 0 saturated carbocycles. The number of hydrogen-bond acceptors (Lipinski definition) is 4. The molecule has 1 aromatic carbocycles. The molecule has 0 bridgehead atoms. The van der Waals surface area contributed by atoms with E-state index in [9.17, 15) is 15.0 Å². The van der Waals surface area contributed by atoms with Crippen molar-refractivity contribution in [3.63, 3.8) is 0 Å². The highest BCUT2D eigenvalue weighted by atomic mass is 16.4. The lowest BCUT2D eigenvalue weighted by Crippen LogP contribution is -2.00. The van der Waals surface area contributed by atoms with Crippen LogP contribution in [0.3, 0.4) is 0 Å². The molecule has 0 aliphatic carbocycles. The van der Waals surface area contributed by atoms with Crippen LogP contribution >= 0.6 is 0 Å². The molecule has 0 amide bonds. The van der Waals surface area contributed by atoms with E-state index in [1.165, 1.54) is 18.2 Å². The number of hydrogen-bond donors (Lipinski definition) is 2. The fourth-order valence-corrected chi connectivity index (χ4v) is 1.74. The quantitative estimate of drug-likeness (QED) is 0.816. The lowest BCUT2D eigenvalue weighted by Gasteiger charge is -2.03. The molecule has 4 heteroatoms.